The molecule has 20 heavy (non-hydrogen) atoms. The van der Waals surface area contributed by atoms with Crippen LogP contribution in [0.15, 0.2) is 36.4 Å². The van der Waals surface area contributed by atoms with Gasteiger partial charge in [0.05, 0.1) is 0 Å². The lowest BCUT2D eigenvalue weighted by molar-refractivity contribution is 0.384. The molecule has 0 bridgehead atoms. The third kappa shape index (κ3) is 2.60. The first-order chi connectivity index (χ1) is 9.77. The molecule has 1 aliphatic carbocycles. The summed E-state index contributed by atoms with van der Waals surface area (Å²) in [5.41, 5.74) is 9.35. The molecule has 0 aromatic heterocycles. The van der Waals surface area contributed by atoms with E-state index in [9.17, 15) is 0 Å². The van der Waals surface area contributed by atoms with Gasteiger partial charge in [-0.1, -0.05) is 62.1 Å². The summed E-state index contributed by atoms with van der Waals surface area (Å²) in [7, 11) is 0. The molecule has 0 saturated heterocycles. The van der Waals surface area contributed by atoms with Gasteiger partial charge in [0.2, 0.25) is 0 Å². The Balaban J connectivity index is 1.98. The Morgan fingerprint density at radius 2 is 1.55 bits per heavy atom. The highest BCUT2D eigenvalue weighted by Crippen LogP contribution is 2.35. The first-order valence-electron chi connectivity index (χ1n) is 8.01. The van der Waals surface area contributed by atoms with E-state index in [-0.39, 0.29) is 6.04 Å². The van der Waals surface area contributed by atoms with Gasteiger partial charge in [-0.2, -0.15) is 0 Å². The summed E-state index contributed by atoms with van der Waals surface area (Å²) >= 11 is 0. The van der Waals surface area contributed by atoms with E-state index in [0.717, 1.165) is 0 Å². The van der Waals surface area contributed by atoms with Crippen LogP contribution >= 0.6 is 0 Å². The minimum absolute atomic E-state index is 0.193. The van der Waals surface area contributed by atoms with Gasteiger partial charge in [0.25, 0.3) is 0 Å². The zero-order valence-electron chi connectivity index (χ0n) is 12.4. The molecule has 3 rings (SSSR count). The Morgan fingerprint density at radius 3 is 2.25 bits per heavy atom. The average Bonchev–Trinajstić information content (AvgIpc) is 2.76. The van der Waals surface area contributed by atoms with Crippen molar-refractivity contribution in [2.24, 2.45) is 11.7 Å². The summed E-state index contributed by atoms with van der Waals surface area (Å²) < 4.78 is 0. The monoisotopic (exact) mass is 267 g/mol. The van der Waals surface area contributed by atoms with Gasteiger partial charge in [-0.25, -0.2) is 0 Å². The summed E-state index contributed by atoms with van der Waals surface area (Å²) in [4.78, 5) is 0. The van der Waals surface area contributed by atoms with Crippen LogP contribution < -0.4 is 5.73 Å². The molecule has 1 aliphatic rings. The van der Waals surface area contributed by atoms with E-state index >= 15 is 0 Å². The van der Waals surface area contributed by atoms with Gasteiger partial charge < -0.3 is 5.73 Å². The summed E-state index contributed by atoms with van der Waals surface area (Å²) in [6.07, 6.45) is 8.06. The van der Waals surface area contributed by atoms with Crippen LogP contribution in [0.3, 0.4) is 0 Å². The van der Waals surface area contributed by atoms with Crippen molar-refractivity contribution in [3.8, 4) is 0 Å². The van der Waals surface area contributed by atoms with Gasteiger partial charge in [0.1, 0.15) is 0 Å². The van der Waals surface area contributed by atoms with E-state index in [1.165, 1.54) is 60.4 Å². The zero-order valence-corrected chi connectivity index (χ0v) is 12.4. The first-order valence-corrected chi connectivity index (χ1v) is 8.01. The smallest absolute Gasteiger partial charge is 0.0329 e. The Hall–Kier alpha value is -1.34. The van der Waals surface area contributed by atoms with E-state index in [4.69, 9.17) is 5.73 Å². The number of benzene rings is 2. The molecule has 1 heteroatoms. The molecule has 0 radical (unpaired) electrons. The van der Waals surface area contributed by atoms with E-state index in [1.54, 1.807) is 0 Å². The van der Waals surface area contributed by atoms with Crippen molar-refractivity contribution >= 4 is 10.8 Å². The SMILES string of the molecule is Cc1ccc(C(N)C2CCCCCC2)c2ccccc12. The van der Waals surface area contributed by atoms with E-state index in [0.29, 0.717) is 5.92 Å². The molecule has 2 aromatic carbocycles. The standard InChI is InChI=1S/C19H25N/c1-14-12-13-18(17-11-7-6-10-16(14)17)19(20)15-8-4-2-3-5-9-15/h6-7,10-13,15,19H,2-5,8-9,20H2,1H3. The fourth-order valence-corrected chi connectivity index (χ4v) is 3.69. The van der Waals surface area contributed by atoms with Crippen LogP contribution in [0.25, 0.3) is 10.8 Å². The number of aryl methyl sites for hydroxylation is 1. The third-order valence-corrected chi connectivity index (χ3v) is 4.94. The fraction of sp³-hybridized carbons (Fsp3) is 0.474. The molecular formula is C19H25N. The second kappa shape index (κ2) is 5.97. The molecule has 1 nitrogen and oxygen atoms in total. The molecule has 1 atom stereocenters. The van der Waals surface area contributed by atoms with Crippen LogP contribution in [-0.2, 0) is 0 Å². The predicted molar refractivity (Wildman–Crippen MR) is 86.8 cm³/mol. The Kier molecular flexibility index (Phi) is 4.07. The maximum absolute atomic E-state index is 6.66. The van der Waals surface area contributed by atoms with Crippen LogP contribution in [0.4, 0.5) is 0 Å². The number of nitrogens with two attached hydrogens (primary N) is 1. The van der Waals surface area contributed by atoms with Crippen molar-refractivity contribution in [2.75, 3.05) is 0 Å². The van der Waals surface area contributed by atoms with Crippen LogP contribution in [0.1, 0.15) is 55.7 Å². The van der Waals surface area contributed by atoms with Crippen molar-refractivity contribution in [3.05, 3.63) is 47.5 Å². The molecule has 1 saturated carbocycles. The Bertz CT molecular complexity index is 579. The lowest BCUT2D eigenvalue weighted by Crippen LogP contribution is -2.21. The summed E-state index contributed by atoms with van der Waals surface area (Å²) in [6.45, 7) is 2.18. The van der Waals surface area contributed by atoms with Gasteiger partial charge in [0.15, 0.2) is 0 Å². The molecule has 2 N–H and O–H groups in total. The quantitative estimate of drug-likeness (QED) is 0.751. The first kappa shape index (κ1) is 13.6. The highest BCUT2D eigenvalue weighted by molar-refractivity contribution is 5.88. The van der Waals surface area contributed by atoms with Gasteiger partial charge in [-0.3, -0.25) is 0 Å². The van der Waals surface area contributed by atoms with E-state index in [2.05, 4.69) is 43.3 Å². The van der Waals surface area contributed by atoms with Gasteiger partial charge in [0, 0.05) is 6.04 Å². The van der Waals surface area contributed by atoms with Crippen LogP contribution in [0.2, 0.25) is 0 Å². The fourth-order valence-electron chi connectivity index (χ4n) is 3.69. The van der Waals surface area contributed by atoms with Crippen LogP contribution in [0, 0.1) is 12.8 Å². The van der Waals surface area contributed by atoms with Gasteiger partial charge in [-0.05, 0) is 47.6 Å². The van der Waals surface area contributed by atoms with E-state index in [1.807, 2.05) is 0 Å². The number of hydrogen-bond donors (Lipinski definition) is 1. The maximum Gasteiger partial charge on any atom is 0.0329 e. The molecule has 0 spiro atoms. The summed E-state index contributed by atoms with van der Waals surface area (Å²) in [5, 5.41) is 2.71. The summed E-state index contributed by atoms with van der Waals surface area (Å²) in [5.74, 6) is 0.656. The largest absolute Gasteiger partial charge is 0.324 e. The van der Waals surface area contributed by atoms with Crippen molar-refractivity contribution in [1.82, 2.24) is 0 Å². The minimum atomic E-state index is 0.193. The molecule has 1 fully saturated rings. The lowest BCUT2D eigenvalue weighted by atomic mass is 9.85. The van der Waals surface area contributed by atoms with Gasteiger partial charge in [-0.15, -0.1) is 0 Å². The highest BCUT2D eigenvalue weighted by atomic mass is 14.7. The normalized spacial score (nSPS) is 18.9. The van der Waals surface area contributed by atoms with Gasteiger partial charge >= 0.3 is 0 Å². The van der Waals surface area contributed by atoms with E-state index < -0.39 is 0 Å². The maximum atomic E-state index is 6.66. The molecule has 1 unspecified atom stereocenters. The average molecular weight is 267 g/mol. The summed E-state index contributed by atoms with van der Waals surface area (Å²) in [6, 6.07) is 13.4. The number of fused-ring (bicyclic) bond motifs is 1. The molecule has 0 amide bonds. The number of rotatable bonds is 2. The minimum Gasteiger partial charge on any atom is -0.324 e. The lowest BCUT2D eigenvalue weighted by Gasteiger charge is -2.24. The van der Waals surface area contributed by atoms with Crippen molar-refractivity contribution in [3.63, 3.8) is 0 Å². The second-order valence-electron chi connectivity index (χ2n) is 6.29. The van der Waals surface area contributed by atoms with Crippen molar-refractivity contribution < 1.29 is 0 Å². The molecule has 0 aliphatic heterocycles. The molecule has 2 aromatic rings. The highest BCUT2D eigenvalue weighted by Gasteiger charge is 2.22. The van der Waals surface area contributed by atoms with Crippen LogP contribution in [-0.4, -0.2) is 0 Å². The number of hydrogen-bond acceptors (Lipinski definition) is 1. The molecule has 0 heterocycles. The van der Waals surface area contributed by atoms with Crippen LogP contribution in [0.5, 0.6) is 0 Å². The van der Waals surface area contributed by atoms with Crippen molar-refractivity contribution in [1.29, 1.82) is 0 Å². The molecular weight excluding hydrogens is 242 g/mol. The Morgan fingerprint density at radius 1 is 0.900 bits per heavy atom. The molecule has 106 valence electrons. The second-order valence-corrected chi connectivity index (χ2v) is 6.29. The predicted octanol–water partition coefficient (Wildman–Crippen LogP) is 5.12. The Labute approximate surface area is 122 Å². The van der Waals surface area contributed by atoms with Crippen molar-refractivity contribution in [2.45, 2.75) is 51.5 Å². The third-order valence-electron chi connectivity index (χ3n) is 4.94. The zero-order chi connectivity index (χ0) is 13.9. The topological polar surface area (TPSA) is 26.0 Å².